The highest BCUT2D eigenvalue weighted by Gasteiger charge is 2.34. The topological polar surface area (TPSA) is 89.0 Å². The minimum atomic E-state index is -3.44. The van der Waals surface area contributed by atoms with Crippen LogP contribution in [0, 0.1) is 5.92 Å². The average molecular weight is 370 g/mol. The maximum atomic E-state index is 12.9. The zero-order valence-corrected chi connectivity index (χ0v) is 16.2. The number of rotatable bonds is 7. The Morgan fingerprint density at radius 1 is 1.36 bits per heavy atom. The van der Waals surface area contributed by atoms with Gasteiger partial charge in [-0.2, -0.15) is 0 Å². The molecule has 2 heterocycles. The van der Waals surface area contributed by atoms with Crippen molar-refractivity contribution in [2.24, 2.45) is 5.92 Å². The van der Waals surface area contributed by atoms with Crippen LogP contribution in [0.5, 0.6) is 0 Å². The van der Waals surface area contributed by atoms with Gasteiger partial charge in [0.2, 0.25) is 0 Å². The van der Waals surface area contributed by atoms with Crippen LogP contribution in [0.2, 0.25) is 0 Å². The van der Waals surface area contributed by atoms with Gasteiger partial charge in [-0.1, -0.05) is 19.9 Å². The fourth-order valence-electron chi connectivity index (χ4n) is 3.13. The number of hydrogen-bond acceptors (Lipinski definition) is 5. The van der Waals surface area contributed by atoms with Gasteiger partial charge in [0, 0.05) is 18.2 Å². The molecule has 8 heteroatoms. The Kier molecular flexibility index (Phi) is 6.60. The smallest absolute Gasteiger partial charge is 0.407 e. The van der Waals surface area contributed by atoms with Crippen molar-refractivity contribution in [1.29, 1.82) is 0 Å². The number of nitrogens with zero attached hydrogens (tertiary/aromatic N) is 2. The SMILES string of the molecule is CCOP(=O)(OCC)c1ccc2c(n1)CC(CC(C)C)N(C(=O)O)C2. The third-order valence-corrected chi connectivity index (χ3v) is 6.14. The monoisotopic (exact) mass is 370 g/mol. The van der Waals surface area contributed by atoms with Crippen LogP contribution in [0.1, 0.15) is 45.4 Å². The molecule has 1 aromatic heterocycles. The second-order valence-electron chi connectivity index (χ2n) is 6.51. The summed E-state index contributed by atoms with van der Waals surface area (Å²) in [4.78, 5) is 17.6. The van der Waals surface area contributed by atoms with Crippen molar-refractivity contribution in [3.63, 3.8) is 0 Å². The maximum absolute atomic E-state index is 12.9. The molecule has 2 rings (SSSR count). The standard InChI is InChI=1S/C17H27N2O5P/c1-5-23-25(22,24-6-2)16-8-7-13-11-19(17(20)21)14(9-12(3)4)10-15(13)18-16/h7-8,12,14H,5-6,9-11H2,1-4H3,(H,20,21). The van der Waals surface area contributed by atoms with Crippen LogP contribution >= 0.6 is 7.60 Å². The van der Waals surface area contributed by atoms with E-state index in [1.165, 1.54) is 4.90 Å². The lowest BCUT2D eigenvalue weighted by Gasteiger charge is -2.35. The molecule has 0 radical (unpaired) electrons. The predicted molar refractivity (Wildman–Crippen MR) is 95.2 cm³/mol. The van der Waals surface area contributed by atoms with Crippen LogP contribution in [-0.4, -0.2) is 40.3 Å². The van der Waals surface area contributed by atoms with Crippen LogP contribution in [0.4, 0.5) is 4.79 Å². The van der Waals surface area contributed by atoms with Crippen molar-refractivity contribution >= 4 is 19.1 Å². The highest BCUT2D eigenvalue weighted by Crippen LogP contribution is 2.46. The zero-order valence-electron chi connectivity index (χ0n) is 15.3. The van der Waals surface area contributed by atoms with E-state index < -0.39 is 13.7 Å². The van der Waals surface area contributed by atoms with Gasteiger partial charge in [-0.15, -0.1) is 0 Å². The molecule has 0 bridgehead atoms. The highest BCUT2D eigenvalue weighted by molar-refractivity contribution is 7.61. The van der Waals surface area contributed by atoms with Gasteiger partial charge in [-0.25, -0.2) is 9.78 Å². The van der Waals surface area contributed by atoms with E-state index in [1.807, 2.05) is 0 Å². The van der Waals surface area contributed by atoms with E-state index in [0.29, 0.717) is 24.3 Å². The van der Waals surface area contributed by atoms with Crippen molar-refractivity contribution in [1.82, 2.24) is 9.88 Å². The van der Waals surface area contributed by atoms with E-state index in [2.05, 4.69) is 18.8 Å². The van der Waals surface area contributed by atoms with Crippen molar-refractivity contribution in [3.05, 3.63) is 23.4 Å². The summed E-state index contributed by atoms with van der Waals surface area (Å²) in [5, 5.41) is 9.49. The second-order valence-corrected chi connectivity index (χ2v) is 8.48. The van der Waals surface area contributed by atoms with Crippen LogP contribution < -0.4 is 5.44 Å². The van der Waals surface area contributed by atoms with Gasteiger partial charge in [-0.3, -0.25) is 4.57 Å². The third-order valence-electron chi connectivity index (χ3n) is 4.13. The van der Waals surface area contributed by atoms with Crippen LogP contribution in [0.15, 0.2) is 12.1 Å². The Hall–Kier alpha value is -1.43. The summed E-state index contributed by atoms with van der Waals surface area (Å²) in [6, 6.07) is 3.27. The van der Waals surface area contributed by atoms with Crippen molar-refractivity contribution in [3.8, 4) is 0 Å². The van der Waals surface area contributed by atoms with Gasteiger partial charge in [0.05, 0.1) is 19.8 Å². The maximum Gasteiger partial charge on any atom is 0.407 e. The van der Waals surface area contributed by atoms with Crippen LogP contribution in [0.3, 0.4) is 0 Å². The summed E-state index contributed by atoms with van der Waals surface area (Å²) >= 11 is 0. The highest BCUT2D eigenvalue weighted by atomic mass is 31.2. The molecule has 0 saturated heterocycles. The van der Waals surface area contributed by atoms with Gasteiger partial charge in [-0.05, 0) is 37.8 Å². The molecule has 1 aliphatic rings. The van der Waals surface area contributed by atoms with E-state index in [4.69, 9.17) is 9.05 Å². The molecule has 1 N–H and O–H groups in total. The fraction of sp³-hybridized carbons (Fsp3) is 0.647. The Balaban J connectivity index is 2.36. The third kappa shape index (κ3) is 4.60. The molecule has 25 heavy (non-hydrogen) atoms. The summed E-state index contributed by atoms with van der Waals surface area (Å²) < 4.78 is 23.6. The van der Waals surface area contributed by atoms with Crippen LogP contribution in [0.25, 0.3) is 0 Å². The summed E-state index contributed by atoms with van der Waals surface area (Å²) in [7, 11) is -3.44. The number of carboxylic acid groups (broad SMARTS) is 1. The molecule has 1 unspecified atom stereocenters. The average Bonchev–Trinajstić information content (AvgIpc) is 2.53. The van der Waals surface area contributed by atoms with Gasteiger partial charge < -0.3 is 19.1 Å². The lowest BCUT2D eigenvalue weighted by molar-refractivity contribution is 0.107. The molecular weight excluding hydrogens is 343 g/mol. The molecular formula is C17H27N2O5P. The summed E-state index contributed by atoms with van der Waals surface area (Å²) in [5.41, 5.74) is 1.91. The molecule has 0 saturated carbocycles. The summed E-state index contributed by atoms with van der Waals surface area (Å²) in [5.74, 6) is 0.370. The molecule has 1 amide bonds. The molecule has 140 valence electrons. The lowest BCUT2D eigenvalue weighted by atomic mass is 9.92. The first-order chi connectivity index (χ1) is 11.8. The number of aromatic nitrogens is 1. The molecule has 0 fully saturated rings. The van der Waals surface area contributed by atoms with Crippen LogP contribution in [-0.2, 0) is 26.6 Å². The van der Waals surface area contributed by atoms with Crippen molar-refractivity contribution < 1.29 is 23.5 Å². The van der Waals surface area contributed by atoms with Gasteiger partial charge in [0.15, 0.2) is 5.44 Å². The number of fused-ring (bicyclic) bond motifs is 1. The minimum absolute atomic E-state index is 0.133. The lowest BCUT2D eigenvalue weighted by Crippen LogP contribution is -2.45. The molecule has 1 aliphatic heterocycles. The largest absolute Gasteiger partial charge is 0.465 e. The van der Waals surface area contributed by atoms with E-state index in [0.717, 1.165) is 17.7 Å². The first-order valence-electron chi connectivity index (χ1n) is 8.68. The van der Waals surface area contributed by atoms with E-state index in [1.54, 1.807) is 26.0 Å². The predicted octanol–water partition coefficient (Wildman–Crippen LogP) is 3.42. The van der Waals surface area contributed by atoms with Crippen molar-refractivity contribution in [2.75, 3.05) is 13.2 Å². The zero-order chi connectivity index (χ0) is 18.6. The number of hydrogen-bond donors (Lipinski definition) is 1. The van der Waals surface area contributed by atoms with E-state index in [9.17, 15) is 14.5 Å². The molecule has 0 aromatic carbocycles. The molecule has 1 atom stereocenters. The number of pyridine rings is 1. The van der Waals surface area contributed by atoms with Gasteiger partial charge >= 0.3 is 13.7 Å². The number of carbonyl (C=O) groups is 1. The quantitative estimate of drug-likeness (QED) is 0.740. The molecule has 0 aliphatic carbocycles. The fourth-order valence-corrected chi connectivity index (χ4v) is 4.65. The molecule has 1 aromatic rings. The number of amides is 1. The minimum Gasteiger partial charge on any atom is -0.465 e. The van der Waals surface area contributed by atoms with Gasteiger partial charge in [0.25, 0.3) is 0 Å². The van der Waals surface area contributed by atoms with Crippen molar-refractivity contribution in [2.45, 2.75) is 53.1 Å². The first kappa shape index (κ1) is 19.9. The van der Waals surface area contributed by atoms with E-state index >= 15 is 0 Å². The molecule has 7 nitrogen and oxygen atoms in total. The Labute approximate surface area is 148 Å². The van der Waals surface area contributed by atoms with Gasteiger partial charge in [0.1, 0.15) is 0 Å². The Bertz CT molecular complexity index is 654. The normalized spacial score (nSPS) is 17.6. The first-order valence-corrected chi connectivity index (χ1v) is 10.2. The molecule has 0 spiro atoms. The summed E-state index contributed by atoms with van der Waals surface area (Å²) in [6.07, 6.45) is 0.340. The second kappa shape index (κ2) is 8.30. The van der Waals surface area contributed by atoms with E-state index in [-0.39, 0.29) is 19.3 Å². The Morgan fingerprint density at radius 3 is 2.52 bits per heavy atom. The summed E-state index contributed by atoms with van der Waals surface area (Å²) in [6.45, 7) is 8.47. The Morgan fingerprint density at radius 2 is 2.00 bits per heavy atom.